The lowest BCUT2D eigenvalue weighted by Crippen LogP contribution is -2.50. The molecule has 0 amide bonds. The molecule has 0 radical (unpaired) electrons. The number of aliphatic hydroxyl groups excluding tert-OH is 2. The van der Waals surface area contributed by atoms with Gasteiger partial charge in [-0.25, -0.2) is 4.79 Å². The van der Waals surface area contributed by atoms with Gasteiger partial charge < -0.3 is 30.9 Å². The Kier molecular flexibility index (Phi) is 7.77. The van der Waals surface area contributed by atoms with Crippen molar-refractivity contribution >= 4 is 11.8 Å². The van der Waals surface area contributed by atoms with Gasteiger partial charge in [0, 0.05) is 5.92 Å². The summed E-state index contributed by atoms with van der Waals surface area (Å²) in [4.78, 5) is 33.0. The van der Waals surface area contributed by atoms with E-state index >= 15 is 0 Å². The number of aromatic hydroxyl groups is 2. The van der Waals surface area contributed by atoms with Crippen LogP contribution >= 0.6 is 0 Å². The number of phenolic OH excluding ortho intramolecular Hbond substituents is 2. The van der Waals surface area contributed by atoms with E-state index < -0.39 is 48.2 Å². The Balaban J connectivity index is 2.93. The Labute approximate surface area is 149 Å². The van der Waals surface area contributed by atoms with E-state index in [2.05, 4.69) is 4.89 Å². The van der Waals surface area contributed by atoms with Crippen LogP contribution in [0.3, 0.4) is 0 Å². The highest BCUT2D eigenvalue weighted by Gasteiger charge is 2.34. The molecule has 0 fully saturated rings. The average Bonchev–Trinajstić information content (AvgIpc) is 2.62. The van der Waals surface area contributed by atoms with Crippen molar-refractivity contribution in [1.29, 1.82) is 0 Å². The summed E-state index contributed by atoms with van der Waals surface area (Å²) in [5, 5.41) is 38.5. The van der Waals surface area contributed by atoms with E-state index in [1.807, 2.05) is 0 Å². The number of phenols is 2. The molecule has 0 saturated carbocycles. The predicted molar refractivity (Wildman–Crippen MR) is 87.5 cm³/mol. The molecule has 1 rings (SSSR count). The second-order valence-electron chi connectivity index (χ2n) is 5.71. The smallest absolute Gasteiger partial charge is 0.373 e. The first-order chi connectivity index (χ1) is 12.1. The number of aliphatic hydroxyl groups is 2. The van der Waals surface area contributed by atoms with Crippen LogP contribution in [0, 0.1) is 5.92 Å². The van der Waals surface area contributed by atoms with Crippen LogP contribution < -0.4 is 10.5 Å². The van der Waals surface area contributed by atoms with Crippen LogP contribution in [0.1, 0.15) is 24.2 Å². The number of nitrogens with two attached hydrogens (primary N) is 1. The van der Waals surface area contributed by atoms with Gasteiger partial charge in [-0.2, -0.15) is 4.89 Å². The van der Waals surface area contributed by atoms with Gasteiger partial charge in [0.2, 0.25) is 5.75 Å². The van der Waals surface area contributed by atoms with Crippen molar-refractivity contribution in [3.05, 3.63) is 17.7 Å². The van der Waals surface area contributed by atoms with Crippen molar-refractivity contribution in [1.82, 2.24) is 0 Å². The van der Waals surface area contributed by atoms with Gasteiger partial charge in [-0.15, -0.1) is 0 Å². The Hall–Kier alpha value is -2.40. The SMILES string of the molecule is COc1cc(C(=O)OOC(C(N)CO)C(O)C(C)C(C)=O)cc(O)c1O. The molecular weight excluding hydrogens is 350 g/mol. The number of Topliss-reactive ketones (excluding diaryl/α,β-unsaturated/α-hetero) is 1. The third-order valence-electron chi connectivity index (χ3n) is 3.87. The first-order valence-corrected chi connectivity index (χ1v) is 7.66. The summed E-state index contributed by atoms with van der Waals surface area (Å²) in [5.41, 5.74) is 5.42. The lowest BCUT2D eigenvalue weighted by molar-refractivity contribution is -0.300. The molecule has 4 unspecified atom stereocenters. The molecule has 0 aliphatic rings. The molecule has 6 N–H and O–H groups in total. The highest BCUT2D eigenvalue weighted by molar-refractivity contribution is 5.90. The fourth-order valence-corrected chi connectivity index (χ4v) is 2.02. The van der Waals surface area contributed by atoms with Crippen LogP contribution in [0.25, 0.3) is 0 Å². The summed E-state index contributed by atoms with van der Waals surface area (Å²) >= 11 is 0. The first kappa shape index (κ1) is 21.6. The van der Waals surface area contributed by atoms with Crippen LogP contribution in [0.5, 0.6) is 17.2 Å². The van der Waals surface area contributed by atoms with E-state index in [9.17, 15) is 30.0 Å². The van der Waals surface area contributed by atoms with E-state index in [1.165, 1.54) is 21.0 Å². The van der Waals surface area contributed by atoms with Gasteiger partial charge in [0.25, 0.3) is 0 Å². The van der Waals surface area contributed by atoms with Crippen molar-refractivity contribution < 1.29 is 44.5 Å². The lowest BCUT2D eigenvalue weighted by atomic mass is 9.93. The number of ketones is 1. The van der Waals surface area contributed by atoms with Crippen molar-refractivity contribution in [3.8, 4) is 17.2 Å². The highest BCUT2D eigenvalue weighted by atomic mass is 17.2. The van der Waals surface area contributed by atoms with E-state index in [0.717, 1.165) is 12.1 Å². The van der Waals surface area contributed by atoms with Gasteiger partial charge in [-0.1, -0.05) is 6.92 Å². The Morgan fingerprint density at radius 3 is 2.38 bits per heavy atom. The zero-order valence-electron chi connectivity index (χ0n) is 14.6. The van der Waals surface area contributed by atoms with Crippen molar-refractivity contribution in [2.75, 3.05) is 13.7 Å². The molecule has 0 bridgehead atoms. The van der Waals surface area contributed by atoms with Gasteiger partial charge in [-0.3, -0.25) is 9.68 Å². The second-order valence-corrected chi connectivity index (χ2v) is 5.71. The topological polar surface area (TPSA) is 169 Å². The summed E-state index contributed by atoms with van der Waals surface area (Å²) in [6.07, 6.45) is -2.82. The molecule has 0 aliphatic heterocycles. The number of methoxy groups -OCH3 is 1. The zero-order valence-corrected chi connectivity index (χ0v) is 14.6. The largest absolute Gasteiger partial charge is 0.504 e. The van der Waals surface area contributed by atoms with Gasteiger partial charge in [0.15, 0.2) is 11.5 Å². The number of rotatable bonds is 9. The first-order valence-electron chi connectivity index (χ1n) is 7.66. The number of carbonyl (C=O) groups is 2. The molecule has 26 heavy (non-hydrogen) atoms. The van der Waals surface area contributed by atoms with Crippen LogP contribution in [0.15, 0.2) is 12.1 Å². The van der Waals surface area contributed by atoms with Crippen molar-refractivity contribution in [2.45, 2.75) is 32.1 Å². The molecule has 10 nitrogen and oxygen atoms in total. The minimum atomic E-state index is -1.44. The second kappa shape index (κ2) is 9.34. The summed E-state index contributed by atoms with van der Waals surface area (Å²) in [7, 11) is 1.22. The zero-order chi connectivity index (χ0) is 20.0. The van der Waals surface area contributed by atoms with Gasteiger partial charge in [0.1, 0.15) is 11.9 Å². The molecule has 4 atom stereocenters. The molecule has 1 aromatic rings. The molecule has 0 heterocycles. The third-order valence-corrected chi connectivity index (χ3v) is 3.87. The number of hydrogen-bond acceptors (Lipinski definition) is 10. The highest BCUT2D eigenvalue weighted by Crippen LogP contribution is 2.36. The summed E-state index contributed by atoms with van der Waals surface area (Å²) in [5.74, 6) is -3.67. The molecule has 0 spiro atoms. The Morgan fingerprint density at radius 2 is 1.88 bits per heavy atom. The molecule has 0 aromatic heterocycles. The Bertz CT molecular complexity index is 649. The number of ether oxygens (including phenoxy) is 1. The summed E-state index contributed by atoms with van der Waals surface area (Å²) in [6.45, 7) is 2.09. The molecule has 0 aliphatic carbocycles. The average molecular weight is 373 g/mol. The minimum Gasteiger partial charge on any atom is -0.504 e. The quantitative estimate of drug-likeness (QED) is 0.215. The minimum absolute atomic E-state index is 0.175. The molecule has 146 valence electrons. The van der Waals surface area contributed by atoms with Gasteiger partial charge in [-0.05, 0) is 19.1 Å². The van der Waals surface area contributed by atoms with Gasteiger partial charge in [0.05, 0.1) is 31.4 Å². The monoisotopic (exact) mass is 373 g/mol. The fraction of sp³-hybridized carbons (Fsp3) is 0.500. The standard InChI is InChI=1S/C16H23NO9/c1-7(8(2)19)13(21)15(10(17)6-18)25-26-16(23)9-4-11(20)14(22)12(5-9)24-3/h4-5,7,10,13,15,18,20-22H,6,17H2,1-3H3. The maximum atomic E-state index is 12.1. The summed E-state index contributed by atoms with van der Waals surface area (Å²) < 4.78 is 4.80. The maximum absolute atomic E-state index is 12.1. The van der Waals surface area contributed by atoms with Crippen molar-refractivity contribution in [2.24, 2.45) is 11.7 Å². The van der Waals surface area contributed by atoms with Gasteiger partial charge >= 0.3 is 5.97 Å². The maximum Gasteiger partial charge on any atom is 0.373 e. The van der Waals surface area contributed by atoms with Crippen molar-refractivity contribution in [3.63, 3.8) is 0 Å². The Morgan fingerprint density at radius 1 is 1.27 bits per heavy atom. The van der Waals surface area contributed by atoms with E-state index in [0.29, 0.717) is 0 Å². The van der Waals surface area contributed by atoms with Crippen LogP contribution in [-0.2, 0) is 14.6 Å². The van der Waals surface area contributed by atoms with E-state index in [4.69, 9.17) is 15.4 Å². The number of carbonyl (C=O) groups excluding carboxylic acids is 2. The molecule has 0 saturated heterocycles. The van der Waals surface area contributed by atoms with E-state index in [-0.39, 0.29) is 17.1 Å². The number of hydrogen-bond donors (Lipinski definition) is 5. The normalized spacial score (nSPS) is 15.6. The molecule has 1 aromatic carbocycles. The lowest BCUT2D eigenvalue weighted by Gasteiger charge is -2.28. The van der Waals surface area contributed by atoms with E-state index in [1.54, 1.807) is 0 Å². The third kappa shape index (κ3) is 5.05. The predicted octanol–water partition coefficient (Wildman–Crippen LogP) is -0.531. The molecular formula is C16H23NO9. The van der Waals surface area contributed by atoms with Crippen LogP contribution in [0.4, 0.5) is 0 Å². The summed E-state index contributed by atoms with van der Waals surface area (Å²) in [6, 6.07) is 0.873. The molecule has 10 heteroatoms. The number of benzene rings is 1. The van der Waals surface area contributed by atoms with Crippen LogP contribution in [-0.4, -0.2) is 64.1 Å². The van der Waals surface area contributed by atoms with Crippen LogP contribution in [0.2, 0.25) is 0 Å². The fourth-order valence-electron chi connectivity index (χ4n) is 2.02.